The lowest BCUT2D eigenvalue weighted by atomic mass is 9.91. The lowest BCUT2D eigenvalue weighted by Crippen LogP contribution is -2.35. The second kappa shape index (κ2) is 4.14. The van der Waals surface area contributed by atoms with Crippen molar-refractivity contribution in [2.75, 3.05) is 7.11 Å². The summed E-state index contributed by atoms with van der Waals surface area (Å²) in [6, 6.07) is 3.73. The van der Waals surface area contributed by atoms with Crippen LogP contribution in [0.2, 0.25) is 0 Å². The number of methoxy groups -OCH3 is 1. The standard InChI is InChI=1S/C11H12BrNO3/c1-16-9(10(14)15)11(4-5-11)7-2-3-8(12)13-6-7/h2-3,6,9H,4-5H2,1H3,(H,14,15). The Bertz CT molecular complexity index is 400. The molecule has 1 N–H and O–H groups in total. The van der Waals surface area contributed by atoms with Crippen LogP contribution >= 0.6 is 15.9 Å². The summed E-state index contributed by atoms with van der Waals surface area (Å²) in [6.07, 6.45) is 2.60. The number of nitrogens with zero attached hydrogens (tertiary/aromatic N) is 1. The molecule has 1 aromatic heterocycles. The van der Waals surface area contributed by atoms with Crippen molar-refractivity contribution in [2.45, 2.75) is 24.4 Å². The Balaban J connectivity index is 2.31. The minimum absolute atomic E-state index is 0.381. The maximum Gasteiger partial charge on any atom is 0.333 e. The Hall–Kier alpha value is -0.940. The summed E-state index contributed by atoms with van der Waals surface area (Å²) in [5.74, 6) is -0.914. The zero-order chi connectivity index (χ0) is 11.8. The average molecular weight is 286 g/mol. The van der Waals surface area contributed by atoms with Gasteiger partial charge in [0.05, 0.1) is 0 Å². The molecule has 16 heavy (non-hydrogen) atoms. The minimum atomic E-state index is -0.914. The molecule has 0 bridgehead atoms. The predicted molar refractivity (Wildman–Crippen MR) is 61.3 cm³/mol. The van der Waals surface area contributed by atoms with Crippen molar-refractivity contribution in [3.8, 4) is 0 Å². The minimum Gasteiger partial charge on any atom is -0.479 e. The first-order chi connectivity index (χ1) is 7.60. The van der Waals surface area contributed by atoms with Crippen molar-refractivity contribution in [1.29, 1.82) is 0 Å². The molecule has 86 valence electrons. The molecule has 1 aliphatic rings. The monoisotopic (exact) mass is 285 g/mol. The fourth-order valence-corrected chi connectivity index (χ4v) is 2.30. The Morgan fingerprint density at radius 2 is 2.31 bits per heavy atom. The number of pyridine rings is 1. The van der Waals surface area contributed by atoms with Crippen molar-refractivity contribution in [2.24, 2.45) is 0 Å². The van der Waals surface area contributed by atoms with Crippen molar-refractivity contribution in [1.82, 2.24) is 4.98 Å². The molecule has 0 saturated heterocycles. The SMILES string of the molecule is COC(C(=O)O)C1(c2ccc(Br)nc2)CC1. The van der Waals surface area contributed by atoms with Gasteiger partial charge in [-0.25, -0.2) is 9.78 Å². The van der Waals surface area contributed by atoms with Gasteiger partial charge in [-0.1, -0.05) is 6.07 Å². The summed E-state index contributed by atoms with van der Waals surface area (Å²) in [5, 5.41) is 9.11. The van der Waals surface area contributed by atoms with Gasteiger partial charge in [-0.05, 0) is 40.4 Å². The quantitative estimate of drug-likeness (QED) is 0.860. The predicted octanol–water partition coefficient (Wildman–Crippen LogP) is 1.98. The van der Waals surface area contributed by atoms with Gasteiger partial charge in [0.1, 0.15) is 4.60 Å². The molecule has 1 saturated carbocycles. The van der Waals surface area contributed by atoms with E-state index >= 15 is 0 Å². The molecule has 0 radical (unpaired) electrons. The van der Waals surface area contributed by atoms with Crippen LogP contribution in [-0.4, -0.2) is 29.3 Å². The van der Waals surface area contributed by atoms with Gasteiger partial charge in [-0.3, -0.25) is 0 Å². The second-order valence-corrected chi connectivity index (χ2v) is 4.79. The normalized spacial score (nSPS) is 19.1. The molecule has 2 rings (SSSR count). The molecule has 1 aromatic rings. The van der Waals surface area contributed by atoms with Crippen LogP contribution in [0, 0.1) is 0 Å². The zero-order valence-electron chi connectivity index (χ0n) is 8.81. The van der Waals surface area contributed by atoms with Gasteiger partial charge in [0, 0.05) is 18.7 Å². The topological polar surface area (TPSA) is 59.4 Å². The maximum atomic E-state index is 11.1. The molecular weight excluding hydrogens is 274 g/mol. The van der Waals surface area contributed by atoms with E-state index in [-0.39, 0.29) is 5.41 Å². The lowest BCUT2D eigenvalue weighted by molar-refractivity contribution is -0.150. The third-order valence-corrected chi connectivity index (χ3v) is 3.52. The molecular formula is C11H12BrNO3. The third kappa shape index (κ3) is 1.85. The van der Waals surface area contributed by atoms with Crippen molar-refractivity contribution >= 4 is 21.9 Å². The van der Waals surface area contributed by atoms with Crippen molar-refractivity contribution in [3.05, 3.63) is 28.5 Å². The number of hydrogen-bond donors (Lipinski definition) is 1. The first-order valence-corrected chi connectivity index (χ1v) is 5.77. The number of hydrogen-bond acceptors (Lipinski definition) is 3. The van der Waals surface area contributed by atoms with Gasteiger partial charge in [-0.2, -0.15) is 0 Å². The maximum absolute atomic E-state index is 11.1. The Kier molecular flexibility index (Phi) is 2.99. The van der Waals surface area contributed by atoms with E-state index in [0.29, 0.717) is 0 Å². The lowest BCUT2D eigenvalue weighted by Gasteiger charge is -2.22. The number of carbonyl (C=O) groups is 1. The summed E-state index contributed by atoms with van der Waals surface area (Å²) in [6.45, 7) is 0. The molecule has 5 heteroatoms. The number of rotatable bonds is 4. The first kappa shape index (κ1) is 11.5. The Labute approximate surface area is 102 Å². The summed E-state index contributed by atoms with van der Waals surface area (Å²) in [5.41, 5.74) is 0.554. The number of aliphatic carboxylic acids is 1. The molecule has 0 aliphatic heterocycles. The average Bonchev–Trinajstić information content (AvgIpc) is 3.01. The van der Waals surface area contributed by atoms with Gasteiger partial charge in [0.15, 0.2) is 6.10 Å². The highest BCUT2D eigenvalue weighted by Crippen LogP contribution is 2.51. The second-order valence-electron chi connectivity index (χ2n) is 3.98. The molecule has 0 spiro atoms. The van der Waals surface area contributed by atoms with Crippen LogP contribution in [0.5, 0.6) is 0 Å². The van der Waals surface area contributed by atoms with Gasteiger partial charge in [-0.15, -0.1) is 0 Å². The highest BCUT2D eigenvalue weighted by atomic mass is 79.9. The molecule has 1 unspecified atom stereocenters. The number of carboxylic acid groups (broad SMARTS) is 1. The van der Waals surface area contributed by atoms with E-state index in [0.717, 1.165) is 23.0 Å². The molecule has 1 fully saturated rings. The fourth-order valence-electron chi connectivity index (χ4n) is 2.07. The van der Waals surface area contributed by atoms with Crippen LogP contribution in [-0.2, 0) is 14.9 Å². The zero-order valence-corrected chi connectivity index (χ0v) is 10.4. The highest BCUT2D eigenvalue weighted by Gasteiger charge is 2.54. The van der Waals surface area contributed by atoms with Crippen LogP contribution in [0.4, 0.5) is 0 Å². The summed E-state index contributed by atoms with van der Waals surface area (Å²) >= 11 is 3.26. The van der Waals surface area contributed by atoms with E-state index in [1.54, 1.807) is 6.20 Å². The third-order valence-electron chi connectivity index (χ3n) is 3.05. The first-order valence-electron chi connectivity index (χ1n) is 4.98. The Morgan fingerprint density at radius 3 is 2.69 bits per heavy atom. The number of halogens is 1. The number of carboxylic acids is 1. The summed E-state index contributed by atoms with van der Waals surface area (Å²) in [7, 11) is 1.44. The van der Waals surface area contributed by atoms with Crippen LogP contribution in [0.25, 0.3) is 0 Å². The van der Waals surface area contributed by atoms with Crippen LogP contribution in [0.3, 0.4) is 0 Å². The molecule has 1 aliphatic carbocycles. The van der Waals surface area contributed by atoms with Gasteiger partial charge in [0.25, 0.3) is 0 Å². The van der Waals surface area contributed by atoms with Crippen LogP contribution in [0.15, 0.2) is 22.9 Å². The largest absolute Gasteiger partial charge is 0.479 e. The van der Waals surface area contributed by atoms with E-state index < -0.39 is 12.1 Å². The van der Waals surface area contributed by atoms with Crippen LogP contribution < -0.4 is 0 Å². The molecule has 4 nitrogen and oxygen atoms in total. The van der Waals surface area contributed by atoms with E-state index in [9.17, 15) is 4.79 Å². The van der Waals surface area contributed by atoms with E-state index in [1.807, 2.05) is 12.1 Å². The molecule has 0 amide bonds. The molecule has 1 heterocycles. The van der Waals surface area contributed by atoms with E-state index in [2.05, 4.69) is 20.9 Å². The van der Waals surface area contributed by atoms with Crippen molar-refractivity contribution in [3.63, 3.8) is 0 Å². The van der Waals surface area contributed by atoms with Gasteiger partial charge in [0.2, 0.25) is 0 Å². The van der Waals surface area contributed by atoms with Gasteiger partial charge < -0.3 is 9.84 Å². The molecule has 0 aromatic carbocycles. The summed E-state index contributed by atoms with van der Waals surface area (Å²) < 4.78 is 5.83. The fraction of sp³-hybridized carbons (Fsp3) is 0.455. The van der Waals surface area contributed by atoms with Crippen LogP contribution in [0.1, 0.15) is 18.4 Å². The smallest absolute Gasteiger partial charge is 0.333 e. The summed E-state index contributed by atoms with van der Waals surface area (Å²) in [4.78, 5) is 15.2. The van der Waals surface area contributed by atoms with E-state index in [1.165, 1.54) is 7.11 Å². The van der Waals surface area contributed by atoms with E-state index in [4.69, 9.17) is 9.84 Å². The van der Waals surface area contributed by atoms with Crippen molar-refractivity contribution < 1.29 is 14.6 Å². The number of ether oxygens (including phenoxy) is 1. The van der Waals surface area contributed by atoms with Gasteiger partial charge >= 0.3 is 5.97 Å². The highest BCUT2D eigenvalue weighted by molar-refractivity contribution is 9.10. The molecule has 1 atom stereocenters. The number of aromatic nitrogens is 1. The Morgan fingerprint density at radius 1 is 1.62 bits per heavy atom.